The maximum Gasteiger partial charge on any atom is 0.269 e. The topological polar surface area (TPSA) is 89.8 Å². The molecule has 0 saturated heterocycles. The average Bonchev–Trinajstić information content (AvgIpc) is 3.27. The monoisotopic (exact) mass is 539 g/mol. The van der Waals surface area contributed by atoms with E-state index in [2.05, 4.69) is 46.9 Å². The van der Waals surface area contributed by atoms with Gasteiger partial charge in [0.2, 0.25) is 0 Å². The number of anilines is 2. The third-order valence-electron chi connectivity index (χ3n) is 6.94. The van der Waals surface area contributed by atoms with E-state index in [0.717, 1.165) is 39.9 Å². The van der Waals surface area contributed by atoms with Gasteiger partial charge in [0.15, 0.2) is 0 Å². The summed E-state index contributed by atoms with van der Waals surface area (Å²) in [4.78, 5) is 17.8. The minimum atomic E-state index is -2.79. The lowest BCUT2D eigenvalue weighted by Crippen LogP contribution is -2.33. The minimum Gasteiger partial charge on any atom is -0.755 e. The van der Waals surface area contributed by atoms with E-state index in [-0.39, 0.29) is 6.04 Å². The van der Waals surface area contributed by atoms with Crippen LogP contribution >= 0.6 is 0 Å². The van der Waals surface area contributed by atoms with Crippen LogP contribution in [0.5, 0.6) is 0 Å². The first-order valence-electron chi connectivity index (χ1n) is 13.1. The summed E-state index contributed by atoms with van der Waals surface area (Å²) in [7, 11) is 0. The molecule has 8 heteroatoms. The fourth-order valence-corrected chi connectivity index (χ4v) is 5.67. The normalized spacial score (nSPS) is 15.2. The average molecular weight is 540 g/mol. The molecule has 3 aromatic carbocycles. The molecule has 5 rings (SSSR count). The number of amides is 1. The van der Waals surface area contributed by atoms with Crippen molar-refractivity contribution in [3.8, 4) is 11.1 Å². The van der Waals surface area contributed by atoms with Gasteiger partial charge in [-0.1, -0.05) is 74.0 Å². The maximum absolute atomic E-state index is 13.2. The van der Waals surface area contributed by atoms with E-state index in [1.807, 2.05) is 31.2 Å². The van der Waals surface area contributed by atoms with Crippen molar-refractivity contribution in [3.05, 3.63) is 107 Å². The molecule has 0 saturated carbocycles. The number of aliphatic imine (C=N–C) groups is 1. The lowest BCUT2D eigenvalue weighted by atomic mass is 10.0. The molecule has 2 unspecified atom stereocenters. The minimum absolute atomic E-state index is 0.116. The van der Waals surface area contributed by atoms with Gasteiger partial charge < -0.3 is 14.4 Å². The smallest absolute Gasteiger partial charge is 0.269 e. The van der Waals surface area contributed by atoms with E-state index in [4.69, 9.17) is 0 Å². The summed E-state index contributed by atoms with van der Waals surface area (Å²) in [5.41, 5.74) is 5.69. The quantitative estimate of drug-likeness (QED) is 0.259. The number of carbonyl (C=O) groups is 1. The van der Waals surface area contributed by atoms with Crippen molar-refractivity contribution in [2.24, 2.45) is 4.99 Å². The Morgan fingerprint density at radius 3 is 2.44 bits per heavy atom. The van der Waals surface area contributed by atoms with Crippen LogP contribution in [0.4, 0.5) is 11.5 Å². The number of para-hydroxylation sites is 1. The maximum atomic E-state index is 13.2. The molecule has 1 N–H and O–H groups in total. The Morgan fingerprint density at radius 2 is 1.74 bits per heavy atom. The van der Waals surface area contributed by atoms with Crippen molar-refractivity contribution < 1.29 is 13.6 Å². The molecule has 7 nitrogen and oxygen atoms in total. The molecular weight excluding hydrogens is 508 g/mol. The molecule has 1 aliphatic heterocycles. The number of hydrogen-bond acceptors (Lipinski definition) is 5. The number of rotatable bonds is 8. The van der Waals surface area contributed by atoms with Crippen LogP contribution in [0.1, 0.15) is 60.4 Å². The zero-order valence-corrected chi connectivity index (χ0v) is 23.1. The Bertz CT molecular complexity index is 1540. The second-order valence-corrected chi connectivity index (χ2v) is 10.5. The predicted octanol–water partition coefficient (Wildman–Crippen LogP) is 6.50. The SMILES string of the molecule is CCCc1cc2c(n1Cc1ccc(-c3ccccc3N(C(=O)c3ccccc3)S(=O)[O-])cc1)NC(C)=NC2C. The van der Waals surface area contributed by atoms with E-state index in [9.17, 15) is 13.6 Å². The second-order valence-electron chi connectivity index (χ2n) is 9.69. The van der Waals surface area contributed by atoms with Gasteiger partial charge in [-0.25, -0.2) is 4.31 Å². The third-order valence-corrected chi connectivity index (χ3v) is 7.60. The van der Waals surface area contributed by atoms with Crippen molar-refractivity contribution in [1.29, 1.82) is 0 Å². The van der Waals surface area contributed by atoms with Gasteiger partial charge in [0.1, 0.15) is 5.82 Å². The largest absolute Gasteiger partial charge is 0.755 e. The molecule has 1 aliphatic rings. The van der Waals surface area contributed by atoms with Crippen molar-refractivity contribution in [3.63, 3.8) is 0 Å². The molecule has 0 spiro atoms. The zero-order valence-electron chi connectivity index (χ0n) is 22.3. The van der Waals surface area contributed by atoms with Crippen LogP contribution in [0.15, 0.2) is 89.9 Å². The van der Waals surface area contributed by atoms with Crippen LogP contribution in [-0.4, -0.2) is 25.1 Å². The highest BCUT2D eigenvalue weighted by Crippen LogP contribution is 2.35. The van der Waals surface area contributed by atoms with Gasteiger partial charge in [0, 0.05) is 28.9 Å². The Hall–Kier alpha value is -4.01. The van der Waals surface area contributed by atoms with E-state index >= 15 is 0 Å². The van der Waals surface area contributed by atoms with Crippen molar-refractivity contribution in [1.82, 2.24) is 4.57 Å². The van der Waals surface area contributed by atoms with Crippen LogP contribution in [-0.2, 0) is 24.2 Å². The molecule has 1 aromatic heterocycles. The van der Waals surface area contributed by atoms with Gasteiger partial charge in [-0.3, -0.25) is 14.0 Å². The van der Waals surface area contributed by atoms with E-state index < -0.39 is 17.2 Å². The van der Waals surface area contributed by atoms with E-state index in [1.165, 1.54) is 11.3 Å². The fraction of sp³-hybridized carbons (Fsp3) is 0.226. The molecule has 0 fully saturated rings. The number of hydrogen-bond donors (Lipinski definition) is 1. The van der Waals surface area contributed by atoms with Gasteiger partial charge in [0.05, 0.1) is 28.8 Å². The molecule has 2 heterocycles. The van der Waals surface area contributed by atoms with Crippen LogP contribution < -0.4 is 9.62 Å². The van der Waals surface area contributed by atoms with Gasteiger partial charge in [-0.2, -0.15) is 0 Å². The second kappa shape index (κ2) is 11.4. The first kappa shape index (κ1) is 26.6. The Morgan fingerprint density at radius 1 is 1.05 bits per heavy atom. The first-order valence-corrected chi connectivity index (χ1v) is 14.1. The molecule has 0 aliphatic carbocycles. The molecular formula is C31H31N4O3S-. The molecule has 4 aromatic rings. The summed E-state index contributed by atoms with van der Waals surface area (Å²) < 4.78 is 27.7. The highest BCUT2D eigenvalue weighted by atomic mass is 32.2. The molecule has 200 valence electrons. The van der Waals surface area contributed by atoms with Gasteiger partial charge in [0.25, 0.3) is 5.91 Å². The van der Waals surface area contributed by atoms with Crippen LogP contribution in [0.3, 0.4) is 0 Å². The number of nitrogens with one attached hydrogen (secondary N) is 1. The molecule has 1 amide bonds. The number of carbonyl (C=O) groups excluding carboxylic acids is 1. The van der Waals surface area contributed by atoms with Crippen molar-refractivity contribution in [2.45, 2.75) is 46.2 Å². The number of amidine groups is 1. The lowest BCUT2D eigenvalue weighted by Gasteiger charge is -2.26. The lowest BCUT2D eigenvalue weighted by molar-refractivity contribution is 0.100. The molecule has 0 bridgehead atoms. The molecule has 39 heavy (non-hydrogen) atoms. The number of nitrogens with zero attached hydrogens (tertiary/aromatic N) is 3. The molecule has 2 atom stereocenters. The predicted molar refractivity (Wildman–Crippen MR) is 157 cm³/mol. The number of aromatic nitrogens is 1. The van der Waals surface area contributed by atoms with Crippen LogP contribution in [0.25, 0.3) is 11.1 Å². The van der Waals surface area contributed by atoms with Crippen molar-refractivity contribution in [2.75, 3.05) is 9.62 Å². The summed E-state index contributed by atoms with van der Waals surface area (Å²) in [6.45, 7) is 6.99. The highest BCUT2D eigenvalue weighted by Gasteiger charge is 2.24. The van der Waals surface area contributed by atoms with E-state index in [0.29, 0.717) is 23.4 Å². The summed E-state index contributed by atoms with van der Waals surface area (Å²) in [6, 6.07) is 25.9. The van der Waals surface area contributed by atoms with Crippen LogP contribution in [0.2, 0.25) is 0 Å². The fourth-order valence-electron chi connectivity index (χ4n) is 5.11. The Labute approximate surface area is 231 Å². The standard InChI is InChI=1S/C31H32N4O3S/c1-4-10-26-19-28-21(2)32-22(3)33-30(28)34(26)20-23-15-17-24(18-16-23)27-13-8-9-14-29(27)35(39(37)38)31(36)25-11-6-5-7-12-25/h5-9,11-19,21H,4,10,20H2,1-3H3,(H,32,33)(H,37,38)/p-1. The summed E-state index contributed by atoms with van der Waals surface area (Å²) in [5, 5.41) is 3.47. The van der Waals surface area contributed by atoms with Gasteiger partial charge >= 0.3 is 0 Å². The zero-order chi connectivity index (χ0) is 27.5. The van der Waals surface area contributed by atoms with Crippen molar-refractivity contribution >= 4 is 34.5 Å². The molecule has 0 radical (unpaired) electrons. The Kier molecular flexibility index (Phi) is 7.77. The highest BCUT2D eigenvalue weighted by molar-refractivity contribution is 7.81. The Balaban J connectivity index is 1.47. The summed E-state index contributed by atoms with van der Waals surface area (Å²) >= 11 is -2.79. The third kappa shape index (κ3) is 5.44. The van der Waals surface area contributed by atoms with Gasteiger partial charge in [-0.15, -0.1) is 0 Å². The number of benzene rings is 3. The number of fused-ring (bicyclic) bond motifs is 1. The summed E-state index contributed by atoms with van der Waals surface area (Å²) in [6.07, 6.45) is 2.02. The first-order chi connectivity index (χ1) is 18.9. The summed E-state index contributed by atoms with van der Waals surface area (Å²) in [5.74, 6) is 1.41. The van der Waals surface area contributed by atoms with Gasteiger partial charge in [-0.05, 0) is 55.7 Å². The van der Waals surface area contributed by atoms with Crippen LogP contribution in [0, 0.1) is 0 Å². The van der Waals surface area contributed by atoms with E-state index in [1.54, 1.807) is 42.5 Å². The number of aryl methyl sites for hydroxylation is 1.